The smallest absolute Gasteiger partial charge is 0.397 e. The molecule has 0 radical (unpaired) electrons. The van der Waals surface area contributed by atoms with E-state index in [9.17, 15) is 32.3 Å². The average molecular weight is 448 g/mol. The molecule has 19 heteroatoms. The summed E-state index contributed by atoms with van der Waals surface area (Å²) in [4.78, 5) is 4.62. The van der Waals surface area contributed by atoms with Gasteiger partial charge in [0.2, 0.25) is 5.66 Å². The molecule has 1 unspecified atom stereocenters. The molecule has 0 aliphatic carbocycles. The second kappa shape index (κ2) is 6.00. The van der Waals surface area contributed by atoms with Gasteiger partial charge in [0.25, 0.3) is 5.79 Å². The molecule has 0 saturated carbocycles. The van der Waals surface area contributed by atoms with Crippen molar-refractivity contribution in [1.29, 1.82) is 0 Å². The quantitative estimate of drug-likeness (QED) is 0.0892. The van der Waals surface area contributed by atoms with Crippen molar-refractivity contribution >= 4 is 32.7 Å². The summed E-state index contributed by atoms with van der Waals surface area (Å²) in [5.41, 5.74) is 8.99. The van der Waals surface area contributed by atoms with Gasteiger partial charge in [-0.15, -0.1) is 0 Å². The fourth-order valence-corrected chi connectivity index (χ4v) is 4.38. The van der Waals surface area contributed by atoms with Gasteiger partial charge in [-0.25, -0.2) is 18.3 Å². The molecule has 0 aromatic rings. The molecule has 0 amide bonds. The lowest BCUT2D eigenvalue weighted by Crippen LogP contribution is -2.79. The molecule has 1 fully saturated rings. The van der Waals surface area contributed by atoms with Crippen LogP contribution >= 0.6 is 0 Å². The Morgan fingerprint density at radius 3 is 2.43 bits per heavy atom. The van der Waals surface area contributed by atoms with Gasteiger partial charge in [0.15, 0.2) is 18.1 Å². The van der Waals surface area contributed by atoms with E-state index in [1.165, 1.54) is 0 Å². The highest BCUT2D eigenvalue weighted by molar-refractivity contribution is 7.81. The van der Waals surface area contributed by atoms with E-state index in [2.05, 4.69) is 18.7 Å². The van der Waals surface area contributed by atoms with E-state index < -0.39 is 75.5 Å². The minimum absolute atomic E-state index is 0.0176. The molecule has 28 heavy (non-hydrogen) atoms. The van der Waals surface area contributed by atoms with Crippen molar-refractivity contribution in [2.45, 2.75) is 29.6 Å². The Labute approximate surface area is 157 Å². The molecule has 1 spiro atoms. The molecule has 3 rings (SSSR count). The molecule has 3 aliphatic rings. The van der Waals surface area contributed by atoms with Gasteiger partial charge in [0.1, 0.15) is 19.2 Å². The number of nitrogens with one attached hydrogen (secondary N) is 1. The predicted octanol–water partition coefficient (Wildman–Crippen LogP) is -5.82. The first-order chi connectivity index (χ1) is 12.6. The maximum absolute atomic E-state index is 12.5. The third kappa shape index (κ3) is 3.00. The van der Waals surface area contributed by atoms with Crippen LogP contribution in [0.2, 0.25) is 0 Å². The van der Waals surface area contributed by atoms with Crippen LogP contribution in [0.25, 0.3) is 0 Å². The number of nitrogens with zero attached hydrogens (tertiary/aromatic N) is 3. The van der Waals surface area contributed by atoms with Crippen molar-refractivity contribution in [1.82, 2.24) is 10.2 Å². The van der Waals surface area contributed by atoms with Crippen molar-refractivity contribution in [2.75, 3.05) is 13.2 Å². The van der Waals surface area contributed by atoms with Crippen molar-refractivity contribution < 1.29 is 49.3 Å². The van der Waals surface area contributed by atoms with E-state index >= 15 is 0 Å². The van der Waals surface area contributed by atoms with E-state index in [4.69, 9.17) is 20.6 Å². The molecule has 0 aromatic carbocycles. The predicted molar refractivity (Wildman–Crippen MR) is 85.7 cm³/mol. The first-order valence-electron chi connectivity index (χ1n) is 7.30. The highest BCUT2D eigenvalue weighted by atomic mass is 32.3. The number of hydrogen-bond donors (Lipinski definition) is 7. The Morgan fingerprint density at radius 2 is 1.89 bits per heavy atom. The Bertz CT molecular complexity index is 961. The second-order valence-electron chi connectivity index (χ2n) is 6.16. The zero-order valence-electron chi connectivity index (χ0n) is 13.6. The van der Waals surface area contributed by atoms with Gasteiger partial charge >= 0.3 is 26.8 Å². The van der Waals surface area contributed by atoms with E-state index in [1.807, 2.05) is 0 Å². The average Bonchev–Trinajstić information content (AvgIpc) is 2.95. The second-order valence-corrected chi connectivity index (χ2v) is 8.30. The van der Waals surface area contributed by atoms with Gasteiger partial charge in [0, 0.05) is 0 Å². The van der Waals surface area contributed by atoms with E-state index in [-0.39, 0.29) is 4.74 Å². The maximum atomic E-state index is 12.5. The van der Waals surface area contributed by atoms with Crippen LogP contribution < -0.4 is 16.8 Å². The lowest BCUT2D eigenvalue weighted by Gasteiger charge is -2.47. The molecule has 17 nitrogen and oxygen atoms in total. The Hall–Kier alpha value is -2.00. The van der Waals surface area contributed by atoms with Crippen LogP contribution in [0.5, 0.6) is 0 Å². The first-order valence-corrected chi connectivity index (χ1v) is 10.0. The maximum Gasteiger partial charge on any atom is 0.397 e. The monoisotopic (exact) mass is 448 g/mol. The molecule has 3 aliphatic heterocycles. The van der Waals surface area contributed by atoms with Gasteiger partial charge < -0.3 is 26.5 Å². The highest BCUT2D eigenvalue weighted by Gasteiger charge is 2.78. The summed E-state index contributed by atoms with van der Waals surface area (Å²) < 4.78 is 69.9. The standard InChI is InChI=1S/C9H16N6O11S2/c10-6-12-5-3(2-25-27(19,20)21)15(18)7(11)14-1-4(26-28(22,23)24)9(16,17)8(5,14)13-6/h3-5,16-17H,1-2,11H2,(H3,10,12,13)(H,19,20,21)(H,22,23,24)/t3-,4-,5-,8?/m0/s1. The third-order valence-corrected chi connectivity index (χ3v) is 5.51. The lowest BCUT2D eigenvalue weighted by molar-refractivity contribution is -0.529. The van der Waals surface area contributed by atoms with Crippen molar-refractivity contribution in [3.05, 3.63) is 5.21 Å². The van der Waals surface area contributed by atoms with E-state index in [0.29, 0.717) is 0 Å². The Kier molecular flexibility index (Phi) is 4.44. The van der Waals surface area contributed by atoms with Crippen LogP contribution in [0, 0.1) is 5.21 Å². The van der Waals surface area contributed by atoms with Crippen LogP contribution in [-0.2, 0) is 29.2 Å². The molecule has 0 bridgehead atoms. The minimum Gasteiger partial charge on any atom is -0.744 e. The summed E-state index contributed by atoms with van der Waals surface area (Å²) in [6.07, 6.45) is -2.06. The SMILES string of the molecule is NC1=N[C@H]2[C@H](COS(=O)(=O)O)[N+]([O-])=C(N)N3C[C@H](OS(=O)(=O)O)C(O)(O)C23N1. The van der Waals surface area contributed by atoms with Gasteiger partial charge in [-0.1, -0.05) is 0 Å². The first kappa shape index (κ1) is 20.7. The number of aliphatic hydroxyl groups is 2. The zero-order chi connectivity index (χ0) is 21.3. The summed E-state index contributed by atoms with van der Waals surface area (Å²) >= 11 is 0. The highest BCUT2D eigenvalue weighted by Crippen LogP contribution is 2.45. The summed E-state index contributed by atoms with van der Waals surface area (Å²) in [6, 6.07) is -3.25. The molecule has 3 heterocycles. The number of guanidine groups is 2. The van der Waals surface area contributed by atoms with Gasteiger partial charge in [-0.2, -0.15) is 16.8 Å². The lowest BCUT2D eigenvalue weighted by atomic mass is 9.86. The zero-order valence-corrected chi connectivity index (χ0v) is 15.2. The molecular formula is C9H16N6O11S2. The van der Waals surface area contributed by atoms with Crippen LogP contribution in [0.1, 0.15) is 0 Å². The van der Waals surface area contributed by atoms with Crippen molar-refractivity contribution in [3.63, 3.8) is 0 Å². The largest absolute Gasteiger partial charge is 0.744 e. The van der Waals surface area contributed by atoms with Crippen LogP contribution in [0.3, 0.4) is 0 Å². The number of aliphatic imine (C=N–C) groups is 1. The van der Waals surface area contributed by atoms with E-state index in [1.54, 1.807) is 0 Å². The molecule has 9 N–H and O–H groups in total. The summed E-state index contributed by atoms with van der Waals surface area (Å²) in [7, 11) is -10.1. The van der Waals surface area contributed by atoms with Crippen LogP contribution in [0.4, 0.5) is 0 Å². The van der Waals surface area contributed by atoms with Gasteiger partial charge in [0.05, 0.1) is 0 Å². The minimum atomic E-state index is -5.16. The Morgan fingerprint density at radius 1 is 1.29 bits per heavy atom. The molecule has 0 aromatic heterocycles. The molecule has 1 saturated heterocycles. The van der Waals surface area contributed by atoms with E-state index in [0.717, 1.165) is 4.90 Å². The van der Waals surface area contributed by atoms with Crippen LogP contribution in [-0.4, -0.2) is 101 Å². The Balaban J connectivity index is 2.10. The number of rotatable bonds is 5. The number of hydrogen-bond acceptors (Lipinski definition) is 14. The molecular weight excluding hydrogens is 432 g/mol. The fourth-order valence-electron chi connectivity index (χ4n) is 3.58. The summed E-state index contributed by atoms with van der Waals surface area (Å²) in [5, 5.41) is 36.2. The van der Waals surface area contributed by atoms with Crippen molar-refractivity contribution in [2.24, 2.45) is 16.5 Å². The van der Waals surface area contributed by atoms with Crippen molar-refractivity contribution in [3.8, 4) is 0 Å². The number of hydroxylamine groups is 1. The van der Waals surface area contributed by atoms with Gasteiger partial charge in [-0.05, 0) is 0 Å². The molecule has 4 atom stereocenters. The topological polar surface area (TPSA) is 273 Å². The fraction of sp³-hybridized carbons (Fsp3) is 0.778. The van der Waals surface area contributed by atoms with Gasteiger partial charge in [-0.3, -0.25) is 19.6 Å². The third-order valence-electron chi connectivity index (χ3n) is 4.60. The summed E-state index contributed by atoms with van der Waals surface area (Å²) in [6.45, 7) is -1.75. The van der Waals surface area contributed by atoms with Crippen LogP contribution in [0.15, 0.2) is 4.99 Å². The summed E-state index contributed by atoms with van der Waals surface area (Å²) in [5.74, 6) is -4.35. The normalized spacial score (nSPS) is 34.6. The molecule has 160 valence electrons. The number of nitrogens with two attached hydrogens (primary N) is 2.